The van der Waals surface area contributed by atoms with E-state index in [0.29, 0.717) is 0 Å². The second-order valence-electron chi connectivity index (χ2n) is 3.17. The molecule has 0 fully saturated rings. The maximum atomic E-state index is 9.02. The minimum Gasteiger partial charge on any atom is -0.496 e. The highest BCUT2D eigenvalue weighted by molar-refractivity contribution is 5.88. The molecule has 0 aliphatic heterocycles. The third-order valence-electron chi connectivity index (χ3n) is 2.31. The molecule has 2 heteroatoms. The zero-order valence-corrected chi connectivity index (χ0v) is 8.03. The summed E-state index contributed by atoms with van der Waals surface area (Å²) >= 11 is 0. The van der Waals surface area contributed by atoms with Gasteiger partial charge in [0.25, 0.3) is 0 Å². The molecule has 0 atom stereocenters. The Morgan fingerprint density at radius 2 is 2.07 bits per heavy atom. The van der Waals surface area contributed by atoms with Crippen LogP contribution in [-0.4, -0.2) is 12.2 Å². The molecule has 0 aliphatic carbocycles. The molecule has 14 heavy (non-hydrogen) atoms. The van der Waals surface area contributed by atoms with Crippen molar-refractivity contribution in [3.8, 4) is 5.75 Å². The summed E-state index contributed by atoms with van der Waals surface area (Å²) in [6.07, 6.45) is 0. The van der Waals surface area contributed by atoms with Gasteiger partial charge >= 0.3 is 0 Å². The van der Waals surface area contributed by atoms with E-state index in [9.17, 15) is 0 Å². The summed E-state index contributed by atoms with van der Waals surface area (Å²) in [5.74, 6) is 0.845. The minimum absolute atomic E-state index is 0.0635. The maximum Gasteiger partial charge on any atom is 0.126 e. The predicted molar refractivity (Wildman–Crippen MR) is 56.4 cm³/mol. The van der Waals surface area contributed by atoms with Gasteiger partial charge in [-0.05, 0) is 23.1 Å². The highest BCUT2D eigenvalue weighted by Crippen LogP contribution is 2.26. The number of aliphatic hydroxyl groups is 1. The van der Waals surface area contributed by atoms with E-state index in [1.165, 1.54) is 0 Å². The SMILES string of the molecule is COc1cccc2ccc(CO)cc12. The Morgan fingerprint density at radius 1 is 1.21 bits per heavy atom. The van der Waals surface area contributed by atoms with Gasteiger partial charge in [0.15, 0.2) is 0 Å². The molecule has 0 spiro atoms. The van der Waals surface area contributed by atoms with Crippen molar-refractivity contribution in [2.24, 2.45) is 0 Å². The smallest absolute Gasteiger partial charge is 0.126 e. The summed E-state index contributed by atoms with van der Waals surface area (Å²) in [6.45, 7) is 0.0635. The fourth-order valence-corrected chi connectivity index (χ4v) is 1.57. The number of methoxy groups -OCH3 is 1. The number of ether oxygens (including phenoxy) is 1. The van der Waals surface area contributed by atoms with Crippen molar-refractivity contribution < 1.29 is 9.84 Å². The summed E-state index contributed by atoms with van der Waals surface area (Å²) < 4.78 is 5.25. The van der Waals surface area contributed by atoms with Gasteiger partial charge in [-0.3, -0.25) is 0 Å². The monoisotopic (exact) mass is 188 g/mol. The number of aliphatic hydroxyl groups excluding tert-OH is 1. The van der Waals surface area contributed by atoms with Crippen LogP contribution in [0.1, 0.15) is 5.56 Å². The number of hydrogen-bond acceptors (Lipinski definition) is 2. The van der Waals surface area contributed by atoms with Gasteiger partial charge in [-0.1, -0.05) is 24.3 Å². The van der Waals surface area contributed by atoms with E-state index >= 15 is 0 Å². The average molecular weight is 188 g/mol. The lowest BCUT2D eigenvalue weighted by Crippen LogP contribution is -1.87. The summed E-state index contributed by atoms with van der Waals surface area (Å²) in [5, 5.41) is 11.2. The minimum atomic E-state index is 0.0635. The third kappa shape index (κ3) is 1.44. The first-order valence-corrected chi connectivity index (χ1v) is 4.51. The van der Waals surface area contributed by atoms with Crippen molar-refractivity contribution in [2.45, 2.75) is 6.61 Å². The first-order chi connectivity index (χ1) is 6.85. The van der Waals surface area contributed by atoms with E-state index in [1.807, 2.05) is 36.4 Å². The molecule has 0 bridgehead atoms. The highest BCUT2D eigenvalue weighted by atomic mass is 16.5. The van der Waals surface area contributed by atoms with Crippen molar-refractivity contribution in [1.29, 1.82) is 0 Å². The van der Waals surface area contributed by atoms with E-state index < -0.39 is 0 Å². The summed E-state index contributed by atoms with van der Waals surface area (Å²) in [7, 11) is 1.65. The molecule has 0 heterocycles. The van der Waals surface area contributed by atoms with E-state index in [1.54, 1.807) is 7.11 Å². The fraction of sp³-hybridized carbons (Fsp3) is 0.167. The molecule has 2 rings (SSSR count). The highest BCUT2D eigenvalue weighted by Gasteiger charge is 2.01. The first kappa shape index (κ1) is 9.03. The van der Waals surface area contributed by atoms with Crippen LogP contribution >= 0.6 is 0 Å². The Balaban J connectivity index is 2.70. The third-order valence-corrected chi connectivity index (χ3v) is 2.31. The van der Waals surface area contributed by atoms with Crippen LogP contribution in [0.5, 0.6) is 5.75 Å². The van der Waals surface area contributed by atoms with Crippen LogP contribution in [0.3, 0.4) is 0 Å². The predicted octanol–water partition coefficient (Wildman–Crippen LogP) is 2.34. The number of rotatable bonds is 2. The maximum absolute atomic E-state index is 9.02. The molecule has 0 amide bonds. The lowest BCUT2D eigenvalue weighted by atomic mass is 10.1. The Morgan fingerprint density at radius 3 is 2.79 bits per heavy atom. The number of hydrogen-bond donors (Lipinski definition) is 1. The molecule has 0 aliphatic rings. The molecule has 1 N–H and O–H groups in total. The topological polar surface area (TPSA) is 29.5 Å². The van der Waals surface area contributed by atoms with Crippen molar-refractivity contribution in [1.82, 2.24) is 0 Å². The lowest BCUT2D eigenvalue weighted by Gasteiger charge is -2.06. The fourth-order valence-electron chi connectivity index (χ4n) is 1.57. The summed E-state index contributed by atoms with van der Waals surface area (Å²) in [4.78, 5) is 0. The molecule has 0 unspecified atom stereocenters. The molecule has 2 aromatic carbocycles. The quantitative estimate of drug-likeness (QED) is 0.783. The molecular weight excluding hydrogens is 176 g/mol. The van der Waals surface area contributed by atoms with Gasteiger partial charge in [-0.2, -0.15) is 0 Å². The molecule has 72 valence electrons. The number of fused-ring (bicyclic) bond motifs is 1. The Bertz CT molecular complexity index is 449. The van der Waals surface area contributed by atoms with Gasteiger partial charge in [0.05, 0.1) is 13.7 Å². The van der Waals surface area contributed by atoms with E-state index in [4.69, 9.17) is 9.84 Å². The number of benzene rings is 2. The van der Waals surface area contributed by atoms with Crippen molar-refractivity contribution in [3.05, 3.63) is 42.0 Å². The first-order valence-electron chi connectivity index (χ1n) is 4.51. The lowest BCUT2D eigenvalue weighted by molar-refractivity contribution is 0.282. The van der Waals surface area contributed by atoms with Crippen LogP contribution in [0.2, 0.25) is 0 Å². The van der Waals surface area contributed by atoms with Crippen LogP contribution in [0, 0.1) is 0 Å². The van der Waals surface area contributed by atoms with Crippen LogP contribution in [0.25, 0.3) is 10.8 Å². The van der Waals surface area contributed by atoms with Crippen LogP contribution in [0.15, 0.2) is 36.4 Å². The molecule has 0 saturated heterocycles. The molecular formula is C12H12O2. The Kier molecular flexibility index (Phi) is 2.37. The van der Waals surface area contributed by atoms with Gasteiger partial charge in [0.1, 0.15) is 5.75 Å². The summed E-state index contributed by atoms with van der Waals surface area (Å²) in [5.41, 5.74) is 0.905. The van der Waals surface area contributed by atoms with Crippen molar-refractivity contribution in [2.75, 3.05) is 7.11 Å². The second-order valence-corrected chi connectivity index (χ2v) is 3.17. The Hall–Kier alpha value is -1.54. The van der Waals surface area contributed by atoms with Crippen LogP contribution in [-0.2, 0) is 6.61 Å². The normalized spacial score (nSPS) is 10.4. The van der Waals surface area contributed by atoms with Gasteiger partial charge in [-0.15, -0.1) is 0 Å². The molecule has 2 aromatic rings. The molecule has 0 aromatic heterocycles. The van der Waals surface area contributed by atoms with E-state index in [0.717, 1.165) is 22.1 Å². The standard InChI is InChI=1S/C12H12O2/c1-14-12-4-2-3-10-6-5-9(8-13)7-11(10)12/h2-7,13H,8H2,1H3. The van der Waals surface area contributed by atoms with Crippen LogP contribution in [0.4, 0.5) is 0 Å². The van der Waals surface area contributed by atoms with Gasteiger partial charge in [0.2, 0.25) is 0 Å². The zero-order valence-electron chi connectivity index (χ0n) is 8.03. The van der Waals surface area contributed by atoms with Gasteiger partial charge in [0, 0.05) is 5.39 Å². The summed E-state index contributed by atoms with van der Waals surface area (Å²) in [6, 6.07) is 11.8. The zero-order chi connectivity index (χ0) is 9.97. The Labute approximate surface area is 82.8 Å². The van der Waals surface area contributed by atoms with Gasteiger partial charge in [-0.25, -0.2) is 0 Å². The van der Waals surface area contributed by atoms with Crippen molar-refractivity contribution >= 4 is 10.8 Å². The van der Waals surface area contributed by atoms with E-state index in [2.05, 4.69) is 0 Å². The van der Waals surface area contributed by atoms with E-state index in [-0.39, 0.29) is 6.61 Å². The van der Waals surface area contributed by atoms with Crippen LogP contribution < -0.4 is 4.74 Å². The average Bonchev–Trinajstić information content (AvgIpc) is 2.27. The molecule has 0 radical (unpaired) electrons. The largest absolute Gasteiger partial charge is 0.496 e. The van der Waals surface area contributed by atoms with Crippen molar-refractivity contribution in [3.63, 3.8) is 0 Å². The second kappa shape index (κ2) is 3.68. The molecule has 2 nitrogen and oxygen atoms in total. The van der Waals surface area contributed by atoms with Gasteiger partial charge < -0.3 is 9.84 Å². The molecule has 0 saturated carbocycles.